The van der Waals surface area contributed by atoms with E-state index in [4.69, 9.17) is 17.2 Å². The largest absolute Gasteiger partial charge is 0.508 e. The molecule has 11 atom stereocenters. The number of carboxylic acids is 1. The van der Waals surface area contributed by atoms with Gasteiger partial charge in [-0.1, -0.05) is 76.6 Å². The first-order valence-electron chi connectivity index (χ1n) is 28.9. The molecule has 0 unspecified atom stereocenters. The Morgan fingerprint density at radius 3 is 1.72 bits per heavy atom. The van der Waals surface area contributed by atoms with Crippen molar-refractivity contribution in [1.82, 2.24) is 52.3 Å². The van der Waals surface area contributed by atoms with Crippen molar-refractivity contribution in [3.63, 3.8) is 0 Å². The molecule has 2 aliphatic rings. The van der Waals surface area contributed by atoms with Crippen LogP contribution >= 0.6 is 25.3 Å². The van der Waals surface area contributed by atoms with Crippen LogP contribution in [-0.4, -0.2) is 183 Å². The van der Waals surface area contributed by atoms with Crippen molar-refractivity contribution in [2.45, 2.75) is 165 Å². The normalized spacial score (nSPS) is 17.9. The number of hydrogen-bond donors (Lipinski definition) is 15. The number of rotatable bonds is 34. The number of phenols is 1. The number of amides is 12. The second-order valence-electron chi connectivity index (χ2n) is 22.1. The first-order valence-corrected chi connectivity index (χ1v) is 30.1. The number of nitrogens with one attached hydrogen (secondary N) is 8. The number of likely N-dealkylation sites (tertiary alicyclic amines) is 2. The molecule has 0 aromatic heterocycles. The molecule has 27 nitrogen and oxygen atoms in total. The number of carbonyl (C=O) groups is 12. The zero-order valence-corrected chi connectivity index (χ0v) is 50.7. The van der Waals surface area contributed by atoms with Gasteiger partial charge in [0.25, 0.3) is 0 Å². The number of phenolic OH excluding ortho intramolecular Hbond substituents is 1. The van der Waals surface area contributed by atoms with E-state index in [-0.39, 0.29) is 94.2 Å². The fourth-order valence-corrected chi connectivity index (χ4v) is 10.4. The number of nitrogens with zero attached hydrogens (tertiary/aromatic N) is 2. The Kier molecular flexibility index (Phi) is 28.9. The van der Waals surface area contributed by atoms with E-state index in [0.717, 1.165) is 0 Å². The highest BCUT2D eigenvalue weighted by Gasteiger charge is 2.45. The first-order chi connectivity index (χ1) is 40.8. The van der Waals surface area contributed by atoms with Crippen LogP contribution in [0.4, 0.5) is 4.79 Å². The van der Waals surface area contributed by atoms with Gasteiger partial charge in [0.15, 0.2) is 0 Å². The van der Waals surface area contributed by atoms with Gasteiger partial charge in [-0.2, -0.15) is 25.3 Å². The molecule has 4 rings (SSSR count). The van der Waals surface area contributed by atoms with E-state index in [9.17, 15) is 63.0 Å². The van der Waals surface area contributed by atoms with Crippen LogP contribution in [0.2, 0.25) is 0 Å². The molecule has 2 saturated heterocycles. The van der Waals surface area contributed by atoms with Gasteiger partial charge in [0.05, 0.1) is 6.04 Å². The lowest BCUT2D eigenvalue weighted by Gasteiger charge is -2.34. The minimum Gasteiger partial charge on any atom is -0.508 e. The molecule has 0 radical (unpaired) electrons. The molecule has 16 N–H and O–H groups in total. The summed E-state index contributed by atoms with van der Waals surface area (Å²) in [4.78, 5) is 166. The van der Waals surface area contributed by atoms with E-state index in [1.165, 1.54) is 34.1 Å². The molecular weight excluding hydrogens is 1150 g/mol. The summed E-state index contributed by atoms with van der Waals surface area (Å²) < 4.78 is 0. The molecule has 2 heterocycles. The van der Waals surface area contributed by atoms with E-state index >= 15 is 4.79 Å². The molecule has 29 heteroatoms. The molecule has 2 fully saturated rings. The Bertz CT molecular complexity index is 2690. The van der Waals surface area contributed by atoms with E-state index in [1.807, 2.05) is 20.8 Å². The number of benzene rings is 2. The third-order valence-corrected chi connectivity index (χ3v) is 15.7. The fourth-order valence-electron chi connectivity index (χ4n) is 10.0. The Morgan fingerprint density at radius 1 is 0.616 bits per heavy atom. The van der Waals surface area contributed by atoms with Gasteiger partial charge in [0.2, 0.25) is 59.1 Å². The van der Waals surface area contributed by atoms with E-state index in [1.54, 1.807) is 37.3 Å². The smallest absolute Gasteiger partial charge is 0.327 e. The average molecular weight is 1240 g/mol. The van der Waals surface area contributed by atoms with E-state index in [2.05, 4.69) is 67.8 Å². The average Bonchev–Trinajstić information content (AvgIpc) is 2.64. The maximum absolute atomic E-state index is 15.1. The van der Waals surface area contributed by atoms with Gasteiger partial charge in [0.1, 0.15) is 60.1 Å². The van der Waals surface area contributed by atoms with Crippen molar-refractivity contribution in [3.8, 4) is 5.75 Å². The molecule has 0 bridgehead atoms. The molecular formula is C57H85N13O14S2. The summed E-state index contributed by atoms with van der Waals surface area (Å²) in [6.07, 6.45) is 0.674. The summed E-state index contributed by atoms with van der Waals surface area (Å²) in [5.41, 5.74) is 17.6. The predicted molar refractivity (Wildman–Crippen MR) is 322 cm³/mol. The van der Waals surface area contributed by atoms with Crippen LogP contribution in [0.5, 0.6) is 5.75 Å². The number of aliphatic carboxylic acids is 1. The number of primary amides is 2. The van der Waals surface area contributed by atoms with E-state index < -0.39 is 144 Å². The topological polar surface area (TPSA) is 426 Å². The molecule has 474 valence electrons. The summed E-state index contributed by atoms with van der Waals surface area (Å²) in [5.74, 6) is -9.87. The lowest BCUT2D eigenvalue weighted by Crippen LogP contribution is -2.61. The van der Waals surface area contributed by atoms with Crippen LogP contribution in [0.3, 0.4) is 0 Å². The number of hydrogen-bond acceptors (Lipinski definition) is 16. The van der Waals surface area contributed by atoms with Crippen LogP contribution < -0.4 is 59.7 Å². The Balaban J connectivity index is 1.63. The molecule has 0 spiro atoms. The molecule has 0 saturated carbocycles. The number of aromatic hydroxyl groups is 1. The predicted octanol–water partition coefficient (Wildman–Crippen LogP) is -1.37. The summed E-state index contributed by atoms with van der Waals surface area (Å²) in [6, 6.07) is 0.841. The lowest BCUT2D eigenvalue weighted by atomic mass is 9.96. The van der Waals surface area contributed by atoms with Gasteiger partial charge in [-0.3, -0.25) is 47.9 Å². The minimum atomic E-state index is -1.56. The molecule has 2 aromatic carbocycles. The maximum atomic E-state index is 15.1. The maximum Gasteiger partial charge on any atom is 0.327 e. The molecule has 2 aliphatic heterocycles. The van der Waals surface area contributed by atoms with Crippen LogP contribution in [-0.2, 0) is 65.6 Å². The van der Waals surface area contributed by atoms with Crippen molar-refractivity contribution >= 4 is 96.3 Å². The number of urea groups is 1. The van der Waals surface area contributed by atoms with Gasteiger partial charge in [-0.15, -0.1) is 0 Å². The number of nitrogens with two attached hydrogens (primary N) is 3. The van der Waals surface area contributed by atoms with Gasteiger partial charge >= 0.3 is 12.0 Å². The highest BCUT2D eigenvalue weighted by Crippen LogP contribution is 2.27. The Labute approximate surface area is 511 Å². The summed E-state index contributed by atoms with van der Waals surface area (Å²) in [6.45, 7) is 7.43. The van der Waals surface area contributed by atoms with Gasteiger partial charge in [-0.05, 0) is 86.5 Å². The summed E-state index contributed by atoms with van der Waals surface area (Å²) >= 11 is 8.08. The quantitative estimate of drug-likeness (QED) is 0.0284. The zero-order valence-electron chi connectivity index (χ0n) is 49.0. The highest BCUT2D eigenvalue weighted by molar-refractivity contribution is 7.80. The number of carbonyl (C=O) groups excluding carboxylic acids is 11. The monoisotopic (exact) mass is 1240 g/mol. The third-order valence-electron chi connectivity index (χ3n) is 14.9. The van der Waals surface area contributed by atoms with Crippen molar-refractivity contribution in [3.05, 3.63) is 65.7 Å². The van der Waals surface area contributed by atoms with Crippen LogP contribution in [0.25, 0.3) is 0 Å². The molecule has 86 heavy (non-hydrogen) atoms. The van der Waals surface area contributed by atoms with Crippen molar-refractivity contribution in [1.29, 1.82) is 0 Å². The first kappa shape index (κ1) is 70.8. The minimum absolute atomic E-state index is 0.0134. The molecule has 2 aromatic rings. The van der Waals surface area contributed by atoms with Crippen molar-refractivity contribution in [2.24, 2.45) is 29.0 Å². The Morgan fingerprint density at radius 2 is 1.14 bits per heavy atom. The van der Waals surface area contributed by atoms with Gasteiger partial charge in [0, 0.05) is 50.4 Å². The second kappa shape index (κ2) is 35.1. The zero-order chi connectivity index (χ0) is 63.8. The summed E-state index contributed by atoms with van der Waals surface area (Å²) in [7, 11) is 0. The molecule has 0 aliphatic carbocycles. The number of carboxylic acid groups (broad SMARTS) is 1. The van der Waals surface area contributed by atoms with Crippen molar-refractivity contribution < 1.29 is 67.7 Å². The van der Waals surface area contributed by atoms with E-state index in [0.29, 0.717) is 30.4 Å². The SMILES string of the molecule is CC[C@H](C)[C@H](NC(=O)[C@@H]1CCCN1C(=O)[C@@H]1CCCN1C(=O)[C@H](Cc1ccccc1)NC(=O)[C@H](Cc1ccc(O)cc1)NC(=O)[C@H](CCC(N)=O)NC(=O)[C@H](CCCNC(N)=O)NC(=O)[C@@H](N)CS)C(=O)N[C@@H](CC(C)C)C(=O)N[C@@H](CS)C(=O)O. The van der Waals surface area contributed by atoms with Gasteiger partial charge < -0.3 is 79.7 Å². The highest BCUT2D eigenvalue weighted by atomic mass is 32.1. The van der Waals surface area contributed by atoms with Crippen molar-refractivity contribution in [2.75, 3.05) is 31.1 Å². The lowest BCUT2D eigenvalue weighted by molar-refractivity contribution is -0.148. The fraction of sp³-hybridized carbons (Fsp3) is 0.579. The van der Waals surface area contributed by atoms with Crippen LogP contribution in [0, 0.1) is 11.8 Å². The second-order valence-corrected chi connectivity index (χ2v) is 22.8. The van der Waals surface area contributed by atoms with Crippen LogP contribution in [0.15, 0.2) is 54.6 Å². The Hall–Kier alpha value is -7.66. The summed E-state index contributed by atoms with van der Waals surface area (Å²) in [5, 5.41) is 40.5. The standard InChI is InChI=1S/C57H85N13O14S2/c1-5-32(4)46(53(79)65-39(26-31(2)3)50(76)67-42(30-86)56(82)83)68-52(78)43-15-10-24-69(43)55(81)44-16-11-25-70(44)54(80)41(28-33-12-7-6-8-13-33)66-51(77)40(27-34-17-19-35(71)20-18-34)64-49(75)38(21-22-45(59)72)63-48(74)37(14-9-23-61-57(60)84)62-47(73)36(58)29-85/h6-8,12-13,17-20,31-32,36-44,46,71,85-86H,5,9-11,14-16,21-30,58H2,1-4H3,(H2,59,72)(H,62,73)(H,63,74)(H,64,75)(H,65,79)(H,66,77)(H,67,76)(H,68,78)(H,82,83)(H3,60,61,84)/t32-,36-,37-,38-,39-,40-,41-,42-,43-,44-,46-/m0/s1. The van der Waals surface area contributed by atoms with Gasteiger partial charge in [-0.25, -0.2) is 9.59 Å². The number of thiol groups is 2. The van der Waals surface area contributed by atoms with Crippen LogP contribution in [0.1, 0.15) is 103 Å². The molecule has 12 amide bonds. The third kappa shape index (κ3) is 22.0.